The van der Waals surface area contributed by atoms with Gasteiger partial charge >= 0.3 is 0 Å². The van der Waals surface area contributed by atoms with E-state index in [0.29, 0.717) is 10.7 Å². The Labute approximate surface area is 156 Å². The van der Waals surface area contributed by atoms with Gasteiger partial charge in [-0.2, -0.15) is 0 Å². The van der Waals surface area contributed by atoms with Crippen molar-refractivity contribution in [2.75, 3.05) is 22.1 Å². The third kappa shape index (κ3) is 5.25. The molecular weight excluding hydrogens is 356 g/mol. The van der Waals surface area contributed by atoms with Crippen LogP contribution < -0.4 is 10.6 Å². The van der Waals surface area contributed by atoms with E-state index in [4.69, 9.17) is 11.6 Å². The lowest BCUT2D eigenvalue weighted by Crippen LogP contribution is -2.18. The molecule has 1 aliphatic carbocycles. The van der Waals surface area contributed by atoms with Crippen LogP contribution in [-0.4, -0.2) is 23.3 Å². The Hall–Kier alpha value is -1.98. The van der Waals surface area contributed by atoms with Crippen molar-refractivity contribution in [2.45, 2.75) is 19.3 Å². The topological polar surface area (TPSA) is 58.2 Å². The minimum atomic E-state index is -0.141. The number of carbonyl (C=O) groups is 2. The second-order valence-electron chi connectivity index (χ2n) is 5.93. The number of hydrogen-bond donors (Lipinski definition) is 2. The molecule has 4 nitrogen and oxygen atoms in total. The number of thioether (sulfide) groups is 1. The quantitative estimate of drug-likeness (QED) is 0.798. The average molecular weight is 375 g/mol. The fourth-order valence-corrected chi connectivity index (χ4v) is 3.56. The van der Waals surface area contributed by atoms with Crippen LogP contribution in [0.4, 0.5) is 11.4 Å². The molecule has 0 saturated heterocycles. The summed E-state index contributed by atoms with van der Waals surface area (Å²) in [5.41, 5.74) is 4.23. The van der Waals surface area contributed by atoms with Crippen LogP contribution >= 0.6 is 23.4 Å². The fourth-order valence-electron chi connectivity index (χ4n) is 2.81. The summed E-state index contributed by atoms with van der Waals surface area (Å²) in [6, 6.07) is 13.0. The van der Waals surface area contributed by atoms with E-state index in [1.54, 1.807) is 24.3 Å². The summed E-state index contributed by atoms with van der Waals surface area (Å²) in [6.07, 6.45) is 3.39. The van der Waals surface area contributed by atoms with Crippen LogP contribution in [0.3, 0.4) is 0 Å². The van der Waals surface area contributed by atoms with E-state index in [1.165, 1.54) is 29.3 Å². The van der Waals surface area contributed by atoms with Crippen LogP contribution in [0, 0.1) is 0 Å². The monoisotopic (exact) mass is 374 g/mol. The molecule has 0 unspecified atom stereocenters. The fraction of sp³-hybridized carbons (Fsp3) is 0.263. The third-order valence-electron chi connectivity index (χ3n) is 3.98. The van der Waals surface area contributed by atoms with Crippen molar-refractivity contribution >= 4 is 46.6 Å². The Kier molecular flexibility index (Phi) is 6.00. The van der Waals surface area contributed by atoms with Gasteiger partial charge in [0.05, 0.1) is 11.5 Å². The molecule has 0 aromatic heterocycles. The highest BCUT2D eigenvalue weighted by Crippen LogP contribution is 2.25. The Bertz CT molecular complexity index is 777. The van der Waals surface area contributed by atoms with Gasteiger partial charge in [-0.1, -0.05) is 17.7 Å². The highest BCUT2D eigenvalue weighted by Gasteiger charge is 2.12. The normalized spacial score (nSPS) is 12.5. The molecular formula is C19H19ClN2O2S. The van der Waals surface area contributed by atoms with E-state index in [2.05, 4.69) is 22.8 Å². The van der Waals surface area contributed by atoms with Gasteiger partial charge in [-0.25, -0.2) is 0 Å². The van der Waals surface area contributed by atoms with Crippen molar-refractivity contribution < 1.29 is 9.59 Å². The molecule has 0 fully saturated rings. The SMILES string of the molecule is O=C(CSCC(=O)Nc1ccc2c(c1)CCC2)Nc1ccc(Cl)cc1. The predicted octanol–water partition coefficient (Wildman–Crippen LogP) is 4.14. The van der Waals surface area contributed by atoms with Crippen LogP contribution in [0.25, 0.3) is 0 Å². The number of halogens is 1. The van der Waals surface area contributed by atoms with Gasteiger partial charge in [-0.3, -0.25) is 9.59 Å². The molecule has 2 aromatic carbocycles. The summed E-state index contributed by atoms with van der Waals surface area (Å²) >= 11 is 7.09. The molecule has 25 heavy (non-hydrogen) atoms. The lowest BCUT2D eigenvalue weighted by Gasteiger charge is -2.08. The maximum Gasteiger partial charge on any atom is 0.234 e. The van der Waals surface area contributed by atoms with Gasteiger partial charge in [0, 0.05) is 16.4 Å². The van der Waals surface area contributed by atoms with Crippen molar-refractivity contribution in [1.82, 2.24) is 0 Å². The molecule has 2 aromatic rings. The van der Waals surface area contributed by atoms with Gasteiger partial charge in [-0.15, -0.1) is 11.8 Å². The molecule has 130 valence electrons. The van der Waals surface area contributed by atoms with Crippen LogP contribution in [0.15, 0.2) is 42.5 Å². The maximum absolute atomic E-state index is 12.0. The van der Waals surface area contributed by atoms with Gasteiger partial charge in [0.25, 0.3) is 0 Å². The molecule has 0 spiro atoms. The number of benzene rings is 2. The van der Waals surface area contributed by atoms with Crippen molar-refractivity contribution in [3.8, 4) is 0 Å². The van der Waals surface area contributed by atoms with Crippen molar-refractivity contribution in [3.05, 3.63) is 58.6 Å². The van der Waals surface area contributed by atoms with E-state index in [-0.39, 0.29) is 23.3 Å². The summed E-state index contributed by atoms with van der Waals surface area (Å²) in [5.74, 6) is 0.227. The lowest BCUT2D eigenvalue weighted by atomic mass is 10.1. The van der Waals surface area contributed by atoms with Crippen LogP contribution in [0.5, 0.6) is 0 Å². The average Bonchev–Trinajstić information content (AvgIpc) is 3.04. The third-order valence-corrected chi connectivity index (χ3v) is 5.16. The Balaban J connectivity index is 1.40. The van der Waals surface area contributed by atoms with Gasteiger partial charge in [0.15, 0.2) is 0 Å². The molecule has 0 heterocycles. The zero-order valence-corrected chi connectivity index (χ0v) is 15.3. The van der Waals surface area contributed by atoms with Crippen LogP contribution in [0.2, 0.25) is 5.02 Å². The van der Waals surface area contributed by atoms with E-state index >= 15 is 0 Å². The highest BCUT2D eigenvalue weighted by atomic mass is 35.5. The molecule has 0 aliphatic heterocycles. The van der Waals surface area contributed by atoms with Crippen molar-refractivity contribution in [2.24, 2.45) is 0 Å². The van der Waals surface area contributed by atoms with E-state index in [9.17, 15) is 9.59 Å². The molecule has 1 aliphatic rings. The molecule has 0 bridgehead atoms. The molecule has 2 amide bonds. The molecule has 3 rings (SSSR count). The number of amides is 2. The number of anilines is 2. The molecule has 6 heteroatoms. The summed E-state index contributed by atoms with van der Waals surface area (Å²) in [6.45, 7) is 0. The van der Waals surface area contributed by atoms with E-state index in [1.807, 2.05) is 6.07 Å². The lowest BCUT2D eigenvalue weighted by molar-refractivity contribution is -0.114. The number of nitrogens with one attached hydrogen (secondary N) is 2. The molecule has 2 N–H and O–H groups in total. The Morgan fingerprint density at radius 1 is 0.880 bits per heavy atom. The highest BCUT2D eigenvalue weighted by molar-refractivity contribution is 8.00. The maximum atomic E-state index is 12.0. The first-order valence-electron chi connectivity index (χ1n) is 8.15. The molecule has 0 saturated carbocycles. The van der Waals surface area contributed by atoms with Gasteiger partial charge in [0.1, 0.15) is 0 Å². The second kappa shape index (κ2) is 8.41. The Morgan fingerprint density at radius 2 is 1.48 bits per heavy atom. The van der Waals surface area contributed by atoms with Crippen molar-refractivity contribution in [3.63, 3.8) is 0 Å². The first-order valence-corrected chi connectivity index (χ1v) is 9.68. The van der Waals surface area contributed by atoms with Crippen LogP contribution in [0.1, 0.15) is 17.5 Å². The first kappa shape index (κ1) is 17.8. The zero-order valence-electron chi connectivity index (χ0n) is 13.7. The molecule has 0 radical (unpaired) electrons. The van der Waals surface area contributed by atoms with Gasteiger partial charge in [-0.05, 0) is 66.8 Å². The summed E-state index contributed by atoms with van der Waals surface area (Å²) in [7, 11) is 0. The number of fused-ring (bicyclic) bond motifs is 1. The molecule has 0 atom stereocenters. The number of carbonyl (C=O) groups excluding carboxylic acids is 2. The summed E-state index contributed by atoms with van der Waals surface area (Å²) < 4.78 is 0. The summed E-state index contributed by atoms with van der Waals surface area (Å²) in [5, 5.41) is 6.29. The number of aryl methyl sites for hydroxylation is 2. The smallest absolute Gasteiger partial charge is 0.234 e. The van der Waals surface area contributed by atoms with Crippen LogP contribution in [-0.2, 0) is 22.4 Å². The largest absolute Gasteiger partial charge is 0.325 e. The number of rotatable bonds is 6. The van der Waals surface area contributed by atoms with E-state index < -0.39 is 0 Å². The van der Waals surface area contributed by atoms with Gasteiger partial charge in [0.2, 0.25) is 11.8 Å². The standard InChI is InChI=1S/C19H19ClN2O2S/c20-15-5-8-16(9-6-15)21-18(23)11-25-12-19(24)22-17-7-4-13-2-1-3-14(13)10-17/h4-10H,1-3,11-12H2,(H,21,23)(H,22,24). The zero-order chi connectivity index (χ0) is 17.6. The second-order valence-corrected chi connectivity index (χ2v) is 7.36. The van der Waals surface area contributed by atoms with Gasteiger partial charge < -0.3 is 10.6 Å². The van der Waals surface area contributed by atoms with E-state index in [0.717, 1.165) is 18.5 Å². The van der Waals surface area contributed by atoms with Crippen molar-refractivity contribution in [1.29, 1.82) is 0 Å². The first-order chi connectivity index (χ1) is 12.1. The Morgan fingerprint density at radius 3 is 2.20 bits per heavy atom. The number of hydrogen-bond acceptors (Lipinski definition) is 3. The summed E-state index contributed by atoms with van der Waals surface area (Å²) in [4.78, 5) is 23.9. The minimum Gasteiger partial charge on any atom is -0.325 e. The minimum absolute atomic E-state index is 0.0951. The predicted molar refractivity (Wildman–Crippen MR) is 105 cm³/mol.